The van der Waals surface area contributed by atoms with E-state index in [2.05, 4.69) is 4.98 Å². The van der Waals surface area contributed by atoms with Crippen molar-refractivity contribution in [2.24, 2.45) is 0 Å². The minimum atomic E-state index is -0.418. The monoisotopic (exact) mass is 293 g/mol. The Bertz CT molecular complexity index is 599. The molecule has 19 heavy (non-hydrogen) atoms. The van der Waals surface area contributed by atoms with E-state index >= 15 is 0 Å². The van der Waals surface area contributed by atoms with Crippen LogP contribution < -0.4 is 0 Å². The number of carbonyl (C=O) groups is 1. The van der Waals surface area contributed by atoms with E-state index in [1.54, 1.807) is 12.1 Å². The molecule has 1 heterocycles. The van der Waals surface area contributed by atoms with Gasteiger partial charge in [-0.05, 0) is 31.2 Å². The Hall–Kier alpha value is -1.52. The summed E-state index contributed by atoms with van der Waals surface area (Å²) in [5.74, 6) is -0.418. The zero-order valence-corrected chi connectivity index (χ0v) is 12.1. The van der Waals surface area contributed by atoms with Crippen molar-refractivity contribution in [3.8, 4) is 0 Å². The van der Waals surface area contributed by atoms with Gasteiger partial charge in [0.25, 0.3) is 0 Å². The highest BCUT2D eigenvalue weighted by Gasteiger charge is 2.14. The largest absolute Gasteiger partial charge is 0.465 e. The van der Waals surface area contributed by atoms with E-state index < -0.39 is 5.97 Å². The summed E-state index contributed by atoms with van der Waals surface area (Å²) in [6.07, 6.45) is 0. The van der Waals surface area contributed by atoms with E-state index in [1.807, 2.05) is 31.2 Å². The summed E-state index contributed by atoms with van der Waals surface area (Å²) in [6, 6.07) is 11.2. The molecule has 0 aliphatic rings. The molecule has 2 aromatic rings. The van der Waals surface area contributed by atoms with Crippen LogP contribution in [0.5, 0.6) is 0 Å². The molecule has 0 radical (unpaired) electrons. The molecule has 0 aliphatic carbocycles. The molecule has 0 N–H and O–H groups in total. The number of rotatable bonds is 3. The molecule has 0 bridgehead atoms. The average molecular weight is 294 g/mol. The topological polar surface area (TPSA) is 39.2 Å². The Morgan fingerprint density at radius 2 is 1.89 bits per heavy atom. The highest BCUT2D eigenvalue weighted by molar-refractivity contribution is 7.99. The summed E-state index contributed by atoms with van der Waals surface area (Å²) < 4.78 is 4.74. The second-order valence-electron chi connectivity index (χ2n) is 3.89. The van der Waals surface area contributed by atoms with Gasteiger partial charge in [0.2, 0.25) is 0 Å². The number of hydrogen-bond donors (Lipinski definition) is 0. The van der Waals surface area contributed by atoms with E-state index in [0.29, 0.717) is 15.7 Å². The maximum absolute atomic E-state index is 11.7. The Morgan fingerprint density at radius 3 is 2.53 bits per heavy atom. The minimum absolute atomic E-state index is 0.349. The van der Waals surface area contributed by atoms with E-state index in [-0.39, 0.29) is 0 Å². The third-order valence-corrected chi connectivity index (χ3v) is 3.69. The molecule has 0 aliphatic heterocycles. The fourth-order valence-corrected chi connectivity index (χ4v) is 2.58. The fourth-order valence-electron chi connectivity index (χ4n) is 1.48. The zero-order chi connectivity index (χ0) is 13.8. The summed E-state index contributed by atoms with van der Waals surface area (Å²) in [5.41, 5.74) is 1.59. The van der Waals surface area contributed by atoms with Crippen LogP contribution in [0.15, 0.2) is 46.3 Å². The lowest BCUT2D eigenvalue weighted by atomic mass is 10.2. The van der Waals surface area contributed by atoms with Gasteiger partial charge in [0.05, 0.1) is 12.7 Å². The van der Waals surface area contributed by atoms with Crippen molar-refractivity contribution in [2.45, 2.75) is 16.8 Å². The standard InChI is InChI=1S/C14H12ClNO2S/c1-9-3-5-10(6-4-9)19-13-11(14(17)18-2)7-8-12(15)16-13/h3-8H,1-2H3. The molecule has 0 saturated heterocycles. The molecule has 3 nitrogen and oxygen atoms in total. The predicted molar refractivity (Wildman–Crippen MR) is 75.9 cm³/mol. The van der Waals surface area contributed by atoms with E-state index in [1.165, 1.54) is 24.4 Å². The molecule has 2 rings (SSSR count). The van der Waals surface area contributed by atoms with Gasteiger partial charge in [-0.3, -0.25) is 0 Å². The molecule has 1 aromatic heterocycles. The molecule has 0 amide bonds. The lowest BCUT2D eigenvalue weighted by molar-refractivity contribution is 0.0596. The van der Waals surface area contributed by atoms with Crippen LogP contribution in [0, 0.1) is 6.92 Å². The fraction of sp³-hybridized carbons (Fsp3) is 0.143. The van der Waals surface area contributed by atoms with Crippen LogP contribution in [0.1, 0.15) is 15.9 Å². The molecular weight excluding hydrogens is 282 g/mol. The van der Waals surface area contributed by atoms with Gasteiger partial charge >= 0.3 is 5.97 Å². The van der Waals surface area contributed by atoms with Crippen LogP contribution >= 0.6 is 23.4 Å². The van der Waals surface area contributed by atoms with Gasteiger partial charge in [-0.2, -0.15) is 0 Å². The Morgan fingerprint density at radius 1 is 1.21 bits per heavy atom. The molecule has 98 valence electrons. The highest BCUT2D eigenvalue weighted by atomic mass is 35.5. The molecule has 5 heteroatoms. The summed E-state index contributed by atoms with van der Waals surface area (Å²) in [6.45, 7) is 2.02. The van der Waals surface area contributed by atoms with E-state index in [0.717, 1.165) is 4.90 Å². The maximum atomic E-state index is 11.7. The first kappa shape index (κ1) is 13.9. The van der Waals surface area contributed by atoms with Crippen LogP contribution in [0.2, 0.25) is 5.15 Å². The maximum Gasteiger partial charge on any atom is 0.340 e. The number of hydrogen-bond acceptors (Lipinski definition) is 4. The van der Waals surface area contributed by atoms with Crippen molar-refractivity contribution in [3.63, 3.8) is 0 Å². The second kappa shape index (κ2) is 6.08. The number of nitrogens with zero attached hydrogens (tertiary/aromatic N) is 1. The van der Waals surface area contributed by atoms with Crippen LogP contribution in [0.4, 0.5) is 0 Å². The van der Waals surface area contributed by atoms with Gasteiger partial charge in [-0.1, -0.05) is 41.1 Å². The third-order valence-electron chi connectivity index (χ3n) is 2.47. The van der Waals surface area contributed by atoms with Crippen LogP contribution in [0.3, 0.4) is 0 Å². The molecule has 0 fully saturated rings. The van der Waals surface area contributed by atoms with Crippen molar-refractivity contribution in [2.75, 3.05) is 7.11 Å². The van der Waals surface area contributed by atoms with Crippen molar-refractivity contribution < 1.29 is 9.53 Å². The van der Waals surface area contributed by atoms with Crippen LogP contribution in [-0.2, 0) is 4.74 Å². The number of aromatic nitrogens is 1. The number of carbonyl (C=O) groups excluding carboxylic acids is 1. The lowest BCUT2D eigenvalue weighted by Crippen LogP contribution is -2.04. The second-order valence-corrected chi connectivity index (χ2v) is 5.34. The van der Waals surface area contributed by atoms with Gasteiger partial charge in [-0.15, -0.1) is 0 Å². The number of esters is 1. The average Bonchev–Trinajstić information content (AvgIpc) is 2.41. The SMILES string of the molecule is COC(=O)c1ccc(Cl)nc1Sc1ccc(C)cc1. The first-order valence-corrected chi connectivity index (χ1v) is 6.79. The summed E-state index contributed by atoms with van der Waals surface area (Å²) in [5, 5.41) is 0.894. The normalized spacial score (nSPS) is 10.3. The number of benzene rings is 1. The van der Waals surface area contributed by atoms with Gasteiger partial charge in [0.15, 0.2) is 0 Å². The Labute approximate surface area is 121 Å². The van der Waals surface area contributed by atoms with Crippen molar-refractivity contribution in [3.05, 3.63) is 52.7 Å². The van der Waals surface area contributed by atoms with Gasteiger partial charge in [-0.25, -0.2) is 9.78 Å². The quantitative estimate of drug-likeness (QED) is 0.634. The first-order valence-electron chi connectivity index (χ1n) is 5.59. The molecular formula is C14H12ClNO2S. The molecule has 0 saturated carbocycles. The van der Waals surface area contributed by atoms with Crippen LogP contribution in [-0.4, -0.2) is 18.1 Å². The van der Waals surface area contributed by atoms with E-state index in [9.17, 15) is 4.79 Å². The predicted octanol–water partition coefficient (Wildman–Crippen LogP) is 3.98. The summed E-state index contributed by atoms with van der Waals surface area (Å²) in [4.78, 5) is 16.8. The molecule has 1 aromatic carbocycles. The smallest absolute Gasteiger partial charge is 0.340 e. The van der Waals surface area contributed by atoms with Crippen molar-refractivity contribution >= 4 is 29.3 Å². The lowest BCUT2D eigenvalue weighted by Gasteiger charge is -2.07. The minimum Gasteiger partial charge on any atom is -0.465 e. The number of methoxy groups -OCH3 is 1. The van der Waals surface area contributed by atoms with Crippen molar-refractivity contribution in [1.82, 2.24) is 4.98 Å². The molecule has 0 unspecified atom stereocenters. The van der Waals surface area contributed by atoms with Crippen LogP contribution in [0.25, 0.3) is 0 Å². The number of pyridine rings is 1. The first-order chi connectivity index (χ1) is 9.10. The molecule has 0 spiro atoms. The highest BCUT2D eigenvalue weighted by Crippen LogP contribution is 2.30. The van der Waals surface area contributed by atoms with Gasteiger partial charge < -0.3 is 4.74 Å². The Balaban J connectivity index is 2.35. The molecule has 0 atom stereocenters. The van der Waals surface area contributed by atoms with Crippen molar-refractivity contribution in [1.29, 1.82) is 0 Å². The zero-order valence-electron chi connectivity index (χ0n) is 10.5. The number of halogens is 1. The third kappa shape index (κ3) is 3.49. The number of ether oxygens (including phenoxy) is 1. The summed E-state index contributed by atoms with van der Waals surface area (Å²) >= 11 is 7.26. The van der Waals surface area contributed by atoms with E-state index in [4.69, 9.17) is 16.3 Å². The van der Waals surface area contributed by atoms with Gasteiger partial charge in [0, 0.05) is 4.90 Å². The number of aryl methyl sites for hydroxylation is 1. The Kier molecular flexibility index (Phi) is 4.45. The summed E-state index contributed by atoms with van der Waals surface area (Å²) in [7, 11) is 1.34. The van der Waals surface area contributed by atoms with Gasteiger partial charge in [0.1, 0.15) is 10.2 Å².